The highest BCUT2D eigenvalue weighted by Crippen LogP contribution is 2.26. The summed E-state index contributed by atoms with van der Waals surface area (Å²) in [5.41, 5.74) is 0. The third-order valence-corrected chi connectivity index (χ3v) is 6.28. The summed E-state index contributed by atoms with van der Waals surface area (Å²) in [7, 11) is 0. The van der Waals surface area contributed by atoms with Gasteiger partial charge in [-0.15, -0.1) is 0 Å². The number of likely N-dealkylation sites (tertiary alicyclic amines) is 3. The highest BCUT2D eigenvalue weighted by atomic mass is 16.2. The van der Waals surface area contributed by atoms with Crippen molar-refractivity contribution in [2.75, 3.05) is 39.3 Å². The lowest BCUT2D eigenvalue weighted by Crippen LogP contribution is -2.51. The SMILES string of the molecule is O=C([C@H]1CCCN(C2CCN(Cc3ncccn3)CC2)C1)N1CCCC1. The molecule has 1 aromatic heterocycles. The smallest absolute Gasteiger partial charge is 0.226 e. The minimum absolute atomic E-state index is 0.234. The molecule has 0 N–H and O–H groups in total. The second kappa shape index (κ2) is 8.44. The molecule has 26 heavy (non-hydrogen) atoms. The molecule has 0 unspecified atom stereocenters. The summed E-state index contributed by atoms with van der Waals surface area (Å²) in [6.07, 6.45) is 10.6. The van der Waals surface area contributed by atoms with Gasteiger partial charge in [0.15, 0.2) is 0 Å². The van der Waals surface area contributed by atoms with Crippen molar-refractivity contribution in [2.45, 2.75) is 51.1 Å². The standard InChI is InChI=1S/C20H31N5O/c26-20(24-10-1-2-11-24)17-5-3-12-25(15-17)18-6-13-23(14-7-18)16-19-21-8-4-9-22-19/h4,8-9,17-18H,1-3,5-7,10-16H2/t17-/m0/s1. The fourth-order valence-corrected chi connectivity index (χ4v) is 4.79. The van der Waals surface area contributed by atoms with Gasteiger partial charge in [-0.05, 0) is 51.1 Å². The van der Waals surface area contributed by atoms with Crippen molar-refractivity contribution in [3.63, 3.8) is 0 Å². The van der Waals surface area contributed by atoms with Crippen LogP contribution in [-0.2, 0) is 11.3 Å². The van der Waals surface area contributed by atoms with Gasteiger partial charge in [0.05, 0.1) is 12.5 Å². The van der Waals surface area contributed by atoms with E-state index in [4.69, 9.17) is 0 Å². The van der Waals surface area contributed by atoms with Crippen LogP contribution in [0, 0.1) is 5.92 Å². The molecule has 0 spiro atoms. The number of hydrogen-bond acceptors (Lipinski definition) is 5. The first-order chi connectivity index (χ1) is 12.8. The molecule has 3 aliphatic heterocycles. The first-order valence-electron chi connectivity index (χ1n) is 10.3. The van der Waals surface area contributed by atoms with Crippen LogP contribution in [0.4, 0.5) is 0 Å². The summed E-state index contributed by atoms with van der Waals surface area (Å²) in [5.74, 6) is 1.57. The van der Waals surface area contributed by atoms with Gasteiger partial charge >= 0.3 is 0 Å². The van der Waals surface area contributed by atoms with E-state index in [1.54, 1.807) is 0 Å². The van der Waals surface area contributed by atoms with Crippen molar-refractivity contribution in [1.82, 2.24) is 24.7 Å². The Kier molecular flexibility index (Phi) is 5.80. The maximum absolute atomic E-state index is 12.8. The van der Waals surface area contributed by atoms with Crippen LogP contribution in [0.25, 0.3) is 0 Å². The van der Waals surface area contributed by atoms with Gasteiger partial charge in [0.2, 0.25) is 5.91 Å². The maximum Gasteiger partial charge on any atom is 0.226 e. The summed E-state index contributed by atoms with van der Waals surface area (Å²) in [4.78, 5) is 28.6. The van der Waals surface area contributed by atoms with Crippen LogP contribution in [0.15, 0.2) is 18.5 Å². The normalized spacial score (nSPS) is 26.3. The number of hydrogen-bond donors (Lipinski definition) is 0. The molecule has 3 fully saturated rings. The number of carbonyl (C=O) groups is 1. The van der Waals surface area contributed by atoms with E-state index < -0.39 is 0 Å². The Morgan fingerprint density at radius 1 is 0.962 bits per heavy atom. The van der Waals surface area contributed by atoms with Crippen molar-refractivity contribution in [2.24, 2.45) is 5.92 Å². The summed E-state index contributed by atoms with van der Waals surface area (Å²) >= 11 is 0. The molecule has 0 aliphatic carbocycles. The van der Waals surface area contributed by atoms with Crippen LogP contribution in [0.3, 0.4) is 0 Å². The summed E-state index contributed by atoms with van der Waals surface area (Å²) in [6.45, 7) is 7.15. The first kappa shape index (κ1) is 17.9. The monoisotopic (exact) mass is 357 g/mol. The van der Waals surface area contributed by atoms with Crippen LogP contribution >= 0.6 is 0 Å². The summed E-state index contributed by atoms with van der Waals surface area (Å²) in [6, 6.07) is 2.50. The van der Waals surface area contributed by atoms with Crippen LogP contribution in [0.1, 0.15) is 44.3 Å². The number of nitrogens with zero attached hydrogens (tertiary/aromatic N) is 5. The fraction of sp³-hybridized carbons (Fsp3) is 0.750. The van der Waals surface area contributed by atoms with Crippen molar-refractivity contribution in [3.05, 3.63) is 24.3 Å². The number of carbonyl (C=O) groups excluding carboxylic acids is 1. The average molecular weight is 358 g/mol. The van der Waals surface area contributed by atoms with Gasteiger partial charge in [0.1, 0.15) is 5.82 Å². The molecule has 3 aliphatic rings. The molecule has 142 valence electrons. The molecule has 4 rings (SSSR count). The zero-order chi connectivity index (χ0) is 17.8. The van der Waals surface area contributed by atoms with Gasteiger partial charge in [-0.25, -0.2) is 9.97 Å². The van der Waals surface area contributed by atoms with E-state index in [-0.39, 0.29) is 5.92 Å². The molecule has 1 amide bonds. The number of aromatic nitrogens is 2. The van der Waals surface area contributed by atoms with E-state index in [0.717, 1.165) is 58.1 Å². The predicted molar refractivity (Wildman–Crippen MR) is 100 cm³/mol. The number of amides is 1. The number of piperidine rings is 2. The lowest BCUT2D eigenvalue weighted by atomic mass is 9.93. The largest absolute Gasteiger partial charge is 0.342 e. The molecular formula is C20H31N5O. The third kappa shape index (κ3) is 4.23. The third-order valence-electron chi connectivity index (χ3n) is 6.28. The fourth-order valence-electron chi connectivity index (χ4n) is 4.79. The van der Waals surface area contributed by atoms with Crippen LogP contribution in [0.5, 0.6) is 0 Å². The highest BCUT2D eigenvalue weighted by molar-refractivity contribution is 5.79. The van der Waals surface area contributed by atoms with Crippen molar-refractivity contribution in [3.8, 4) is 0 Å². The van der Waals surface area contributed by atoms with E-state index in [1.165, 1.54) is 32.1 Å². The molecule has 0 saturated carbocycles. The Morgan fingerprint density at radius 2 is 1.69 bits per heavy atom. The minimum atomic E-state index is 0.234. The van der Waals surface area contributed by atoms with Gasteiger partial charge in [0.25, 0.3) is 0 Å². The molecule has 6 nitrogen and oxygen atoms in total. The van der Waals surface area contributed by atoms with Gasteiger partial charge < -0.3 is 4.90 Å². The maximum atomic E-state index is 12.8. The van der Waals surface area contributed by atoms with Crippen LogP contribution < -0.4 is 0 Å². The summed E-state index contributed by atoms with van der Waals surface area (Å²) in [5, 5.41) is 0. The Morgan fingerprint density at radius 3 is 2.42 bits per heavy atom. The Bertz CT molecular complexity index is 581. The topological polar surface area (TPSA) is 52.6 Å². The Hall–Kier alpha value is -1.53. The number of rotatable bonds is 4. The zero-order valence-electron chi connectivity index (χ0n) is 15.7. The van der Waals surface area contributed by atoms with E-state index in [0.29, 0.717) is 11.9 Å². The van der Waals surface area contributed by atoms with Gasteiger partial charge in [0, 0.05) is 51.2 Å². The molecule has 1 aromatic rings. The Balaban J connectivity index is 1.26. The quantitative estimate of drug-likeness (QED) is 0.822. The molecule has 0 aromatic carbocycles. The van der Waals surface area contributed by atoms with Crippen molar-refractivity contribution in [1.29, 1.82) is 0 Å². The molecular weight excluding hydrogens is 326 g/mol. The zero-order valence-corrected chi connectivity index (χ0v) is 15.7. The molecule has 0 radical (unpaired) electrons. The lowest BCUT2D eigenvalue weighted by Gasteiger charge is -2.42. The average Bonchev–Trinajstić information content (AvgIpc) is 3.24. The predicted octanol–water partition coefficient (Wildman–Crippen LogP) is 1.78. The van der Waals surface area contributed by atoms with Gasteiger partial charge in [-0.2, -0.15) is 0 Å². The van der Waals surface area contributed by atoms with Crippen LogP contribution in [0.2, 0.25) is 0 Å². The van der Waals surface area contributed by atoms with Crippen molar-refractivity contribution < 1.29 is 4.79 Å². The molecule has 3 saturated heterocycles. The van der Waals surface area contributed by atoms with Gasteiger partial charge in [-0.3, -0.25) is 14.6 Å². The lowest BCUT2D eigenvalue weighted by molar-refractivity contribution is -0.136. The second-order valence-electron chi connectivity index (χ2n) is 8.04. The Labute approximate surface area is 156 Å². The van der Waals surface area contributed by atoms with Gasteiger partial charge in [-0.1, -0.05) is 0 Å². The molecule has 4 heterocycles. The van der Waals surface area contributed by atoms with E-state index in [1.807, 2.05) is 18.5 Å². The molecule has 0 bridgehead atoms. The van der Waals surface area contributed by atoms with Crippen LogP contribution in [-0.4, -0.2) is 75.9 Å². The highest BCUT2D eigenvalue weighted by Gasteiger charge is 2.34. The van der Waals surface area contributed by atoms with E-state index >= 15 is 0 Å². The van der Waals surface area contributed by atoms with E-state index in [9.17, 15) is 4.79 Å². The van der Waals surface area contributed by atoms with E-state index in [2.05, 4.69) is 24.7 Å². The van der Waals surface area contributed by atoms with Crippen molar-refractivity contribution >= 4 is 5.91 Å². The minimum Gasteiger partial charge on any atom is -0.342 e. The summed E-state index contributed by atoms with van der Waals surface area (Å²) < 4.78 is 0. The second-order valence-corrected chi connectivity index (χ2v) is 8.04. The molecule has 1 atom stereocenters. The first-order valence-corrected chi connectivity index (χ1v) is 10.3. The molecule has 6 heteroatoms.